The fraction of sp³-hybridized carbons (Fsp3) is 0. The van der Waals surface area contributed by atoms with Gasteiger partial charge in [0, 0.05) is 10.0 Å². The first-order valence-corrected chi connectivity index (χ1v) is 6.28. The van der Waals surface area contributed by atoms with Crippen molar-refractivity contribution in [2.24, 2.45) is 0 Å². The minimum absolute atomic E-state index is 0.793. The second-order valence-corrected chi connectivity index (χ2v) is 4.70. The third-order valence-electron chi connectivity index (χ3n) is 2.73. The molecule has 1 aliphatic heterocycles. The molecule has 4 heteroatoms. The summed E-state index contributed by atoms with van der Waals surface area (Å²) in [5.41, 5.74) is 6.79. The van der Waals surface area contributed by atoms with Crippen LogP contribution in [0.15, 0.2) is 59.3 Å². The fourth-order valence-electron chi connectivity index (χ4n) is 1.93. The lowest BCUT2D eigenvalue weighted by Gasteiger charge is -2.11. The molecular weight excluding hydrogens is 294 g/mol. The number of hydrogen-bond donors (Lipinski definition) is 1. The van der Waals surface area contributed by atoms with Crippen LogP contribution in [-0.2, 0) is 9.88 Å². The molecular formula is C14H10BrNO2. The predicted molar refractivity (Wildman–Crippen MR) is 72.9 cm³/mol. The Hall–Kier alpha value is -1.78. The second kappa shape index (κ2) is 4.84. The van der Waals surface area contributed by atoms with Crippen LogP contribution in [-0.4, -0.2) is 0 Å². The molecule has 0 saturated carbocycles. The Morgan fingerprint density at radius 1 is 0.944 bits per heavy atom. The standard InChI is InChI=1S/C14H10BrNO2/c15-12-8-4-7-11(10-5-2-1-3-6-10)14(12)13-9-17-18-16-13/h1-9,16H. The lowest BCUT2D eigenvalue weighted by Crippen LogP contribution is -2.06. The van der Waals surface area contributed by atoms with E-state index in [1.807, 2.05) is 30.3 Å². The summed E-state index contributed by atoms with van der Waals surface area (Å²) in [5.74, 6) is 0. The van der Waals surface area contributed by atoms with Crippen LogP contribution in [0.25, 0.3) is 16.8 Å². The van der Waals surface area contributed by atoms with Crippen LogP contribution in [0.2, 0.25) is 0 Å². The second-order valence-electron chi connectivity index (χ2n) is 3.84. The van der Waals surface area contributed by atoms with Crippen molar-refractivity contribution in [3.05, 3.63) is 64.8 Å². The largest absolute Gasteiger partial charge is 0.320 e. The van der Waals surface area contributed by atoms with Gasteiger partial charge < -0.3 is 4.89 Å². The third-order valence-corrected chi connectivity index (χ3v) is 3.39. The maximum Gasteiger partial charge on any atom is 0.158 e. The van der Waals surface area contributed by atoms with Gasteiger partial charge in [-0.15, -0.1) is 0 Å². The molecule has 2 aromatic rings. The summed E-state index contributed by atoms with van der Waals surface area (Å²) in [6.07, 6.45) is 1.55. The normalized spacial score (nSPS) is 13.7. The number of benzene rings is 2. The summed E-state index contributed by atoms with van der Waals surface area (Å²) in [7, 11) is 0. The van der Waals surface area contributed by atoms with Crippen LogP contribution in [0.1, 0.15) is 5.56 Å². The van der Waals surface area contributed by atoms with E-state index in [0.29, 0.717) is 0 Å². The van der Waals surface area contributed by atoms with Gasteiger partial charge in [-0.1, -0.05) is 63.4 Å². The molecule has 0 bridgehead atoms. The minimum atomic E-state index is 0.793. The Labute approximate surface area is 113 Å². The monoisotopic (exact) mass is 303 g/mol. The van der Waals surface area contributed by atoms with E-state index in [1.165, 1.54) is 0 Å². The summed E-state index contributed by atoms with van der Waals surface area (Å²) in [5, 5.41) is 0. The smallest absolute Gasteiger partial charge is 0.158 e. The molecule has 2 aromatic carbocycles. The zero-order valence-corrected chi connectivity index (χ0v) is 11.0. The highest BCUT2D eigenvalue weighted by atomic mass is 79.9. The summed E-state index contributed by atoms with van der Waals surface area (Å²) in [6, 6.07) is 16.2. The van der Waals surface area contributed by atoms with Crippen molar-refractivity contribution in [3.8, 4) is 11.1 Å². The highest BCUT2D eigenvalue weighted by Crippen LogP contribution is 2.34. The first-order valence-electron chi connectivity index (χ1n) is 5.49. The van der Waals surface area contributed by atoms with Crippen molar-refractivity contribution >= 4 is 21.6 Å². The topological polar surface area (TPSA) is 30.5 Å². The molecule has 0 fully saturated rings. The van der Waals surface area contributed by atoms with Crippen LogP contribution in [0.4, 0.5) is 0 Å². The van der Waals surface area contributed by atoms with Gasteiger partial charge in [0.1, 0.15) is 5.70 Å². The SMILES string of the molecule is Brc1cccc(-c2ccccc2)c1C1=COON1. The van der Waals surface area contributed by atoms with E-state index in [4.69, 9.17) is 9.88 Å². The first kappa shape index (κ1) is 11.3. The molecule has 1 N–H and O–H groups in total. The van der Waals surface area contributed by atoms with Crippen molar-refractivity contribution in [1.82, 2.24) is 5.48 Å². The molecule has 0 amide bonds. The molecule has 1 aliphatic rings. The number of halogens is 1. The van der Waals surface area contributed by atoms with Gasteiger partial charge >= 0.3 is 0 Å². The van der Waals surface area contributed by atoms with Gasteiger partial charge in [0.05, 0.1) is 0 Å². The van der Waals surface area contributed by atoms with Crippen molar-refractivity contribution in [1.29, 1.82) is 0 Å². The van der Waals surface area contributed by atoms with Crippen molar-refractivity contribution in [3.63, 3.8) is 0 Å². The molecule has 90 valence electrons. The van der Waals surface area contributed by atoms with E-state index in [-0.39, 0.29) is 0 Å². The minimum Gasteiger partial charge on any atom is -0.320 e. The Morgan fingerprint density at radius 2 is 1.78 bits per heavy atom. The van der Waals surface area contributed by atoms with Gasteiger partial charge in [-0.05, 0) is 17.2 Å². The maximum atomic E-state index is 4.76. The molecule has 0 spiro atoms. The lowest BCUT2D eigenvalue weighted by atomic mass is 9.98. The molecule has 3 nitrogen and oxygen atoms in total. The van der Waals surface area contributed by atoms with E-state index in [1.54, 1.807) is 6.26 Å². The third kappa shape index (κ3) is 2.00. The van der Waals surface area contributed by atoms with Gasteiger partial charge in [-0.3, -0.25) is 0 Å². The van der Waals surface area contributed by atoms with Gasteiger partial charge in [-0.25, -0.2) is 5.48 Å². The highest BCUT2D eigenvalue weighted by molar-refractivity contribution is 9.10. The lowest BCUT2D eigenvalue weighted by molar-refractivity contribution is -0.263. The molecule has 0 atom stereocenters. The van der Waals surface area contributed by atoms with Crippen molar-refractivity contribution in [2.75, 3.05) is 0 Å². The molecule has 1 heterocycles. The summed E-state index contributed by atoms with van der Waals surface area (Å²) in [4.78, 5) is 9.46. The fourth-order valence-corrected chi connectivity index (χ4v) is 2.51. The molecule has 0 saturated heterocycles. The van der Waals surface area contributed by atoms with Crippen LogP contribution < -0.4 is 5.48 Å². The van der Waals surface area contributed by atoms with Crippen molar-refractivity contribution < 1.29 is 9.88 Å². The van der Waals surface area contributed by atoms with Crippen LogP contribution in [0.3, 0.4) is 0 Å². The molecule has 0 radical (unpaired) electrons. The van der Waals surface area contributed by atoms with Gasteiger partial charge in [0.15, 0.2) is 6.26 Å². The molecule has 3 rings (SSSR count). The highest BCUT2D eigenvalue weighted by Gasteiger charge is 2.17. The van der Waals surface area contributed by atoms with Crippen LogP contribution in [0, 0.1) is 0 Å². The van der Waals surface area contributed by atoms with E-state index in [2.05, 4.69) is 39.6 Å². The Balaban J connectivity index is 2.18. The Bertz CT molecular complexity index is 596. The Morgan fingerprint density at radius 3 is 2.50 bits per heavy atom. The number of rotatable bonds is 2. The number of hydroxylamine groups is 1. The zero-order valence-electron chi connectivity index (χ0n) is 9.39. The average Bonchev–Trinajstić information content (AvgIpc) is 2.93. The maximum absolute atomic E-state index is 4.76. The quantitative estimate of drug-likeness (QED) is 0.854. The van der Waals surface area contributed by atoms with Gasteiger partial charge in [0.2, 0.25) is 0 Å². The molecule has 0 aromatic heterocycles. The van der Waals surface area contributed by atoms with Gasteiger partial charge in [-0.2, -0.15) is 0 Å². The number of hydrogen-bond acceptors (Lipinski definition) is 3. The molecule has 0 aliphatic carbocycles. The summed E-state index contributed by atoms with van der Waals surface area (Å²) in [6.45, 7) is 0. The molecule has 0 unspecified atom stereocenters. The first-order chi connectivity index (χ1) is 8.86. The van der Waals surface area contributed by atoms with Crippen LogP contribution in [0.5, 0.6) is 0 Å². The van der Waals surface area contributed by atoms with E-state index >= 15 is 0 Å². The van der Waals surface area contributed by atoms with Crippen LogP contribution >= 0.6 is 15.9 Å². The number of nitrogens with one attached hydrogen (secondary N) is 1. The van der Waals surface area contributed by atoms with Crippen molar-refractivity contribution in [2.45, 2.75) is 0 Å². The average molecular weight is 304 g/mol. The van der Waals surface area contributed by atoms with E-state index in [0.717, 1.165) is 26.9 Å². The Kier molecular flexibility index (Phi) is 3.04. The van der Waals surface area contributed by atoms with E-state index in [9.17, 15) is 0 Å². The zero-order chi connectivity index (χ0) is 12.4. The molecule has 18 heavy (non-hydrogen) atoms. The van der Waals surface area contributed by atoms with Gasteiger partial charge in [0.25, 0.3) is 0 Å². The summed E-state index contributed by atoms with van der Waals surface area (Å²) >= 11 is 3.56. The summed E-state index contributed by atoms with van der Waals surface area (Å²) < 4.78 is 0.983. The van der Waals surface area contributed by atoms with E-state index < -0.39 is 0 Å². The predicted octanol–water partition coefficient (Wildman–Crippen LogP) is 3.88.